The summed E-state index contributed by atoms with van der Waals surface area (Å²) in [6.45, 7) is 4.32. The summed E-state index contributed by atoms with van der Waals surface area (Å²) in [5.74, 6) is 0.231. The summed E-state index contributed by atoms with van der Waals surface area (Å²) in [6.07, 6.45) is 1.69. The third-order valence-corrected chi connectivity index (χ3v) is 5.71. The summed E-state index contributed by atoms with van der Waals surface area (Å²) in [5, 5.41) is 0. The minimum atomic E-state index is -5.66. The monoisotopic (exact) mass is 321 g/mol. The van der Waals surface area contributed by atoms with Crippen LogP contribution in [0.15, 0.2) is 12.1 Å². The fourth-order valence-corrected chi connectivity index (χ4v) is 3.71. The Morgan fingerprint density at radius 1 is 1.33 bits per heavy atom. The molecule has 8 heteroatoms. The van der Waals surface area contributed by atoms with Crippen LogP contribution in [-0.4, -0.2) is 18.9 Å². The summed E-state index contributed by atoms with van der Waals surface area (Å²) in [6, 6.07) is 2.82. The van der Waals surface area contributed by atoms with Gasteiger partial charge in [-0.1, -0.05) is 19.9 Å². The SMILES string of the molecule is CC1(C)[C@@H]2Cc3nc(OS(=O)(=O)C(F)(F)F)ccc3[C@H]1C2. The first-order valence-electron chi connectivity index (χ1n) is 6.53. The summed E-state index contributed by atoms with van der Waals surface area (Å²) in [5.41, 5.74) is -3.66. The van der Waals surface area contributed by atoms with Crippen molar-refractivity contribution < 1.29 is 25.8 Å². The molecular weight excluding hydrogens is 307 g/mol. The molecule has 0 radical (unpaired) electrons. The van der Waals surface area contributed by atoms with Gasteiger partial charge in [-0.3, -0.25) is 0 Å². The predicted molar refractivity (Wildman–Crippen MR) is 68.2 cm³/mol. The maximum Gasteiger partial charge on any atom is 0.534 e. The zero-order chi connectivity index (χ0) is 15.6. The van der Waals surface area contributed by atoms with Gasteiger partial charge in [-0.05, 0) is 35.7 Å². The number of alkyl halides is 3. The Labute approximate surface area is 120 Å². The Balaban J connectivity index is 1.90. The molecule has 0 aromatic carbocycles. The van der Waals surface area contributed by atoms with Crippen molar-refractivity contribution in [2.45, 2.75) is 38.1 Å². The molecule has 0 aliphatic heterocycles. The Morgan fingerprint density at radius 2 is 2.00 bits per heavy atom. The normalized spacial score (nSPS) is 26.7. The van der Waals surface area contributed by atoms with E-state index in [0.29, 0.717) is 24.0 Å². The average Bonchev–Trinajstić information content (AvgIpc) is 2.35. The molecular formula is C13H14F3NO3S. The van der Waals surface area contributed by atoms with E-state index >= 15 is 0 Å². The van der Waals surface area contributed by atoms with E-state index in [9.17, 15) is 21.6 Å². The third kappa shape index (κ3) is 2.11. The van der Waals surface area contributed by atoms with Gasteiger partial charge in [-0.2, -0.15) is 21.6 Å². The number of rotatable bonds is 2. The zero-order valence-corrected chi connectivity index (χ0v) is 12.3. The first-order chi connectivity index (χ1) is 9.52. The second kappa shape index (κ2) is 4.12. The standard InChI is InChI=1S/C13H14F3NO3S/c1-12(2)7-5-9(12)8-3-4-11(17-10(8)6-7)20-21(18,19)13(14,15)16/h3-4,7,9H,5-6H2,1-2H3/t7-,9+/m0/s1. The van der Waals surface area contributed by atoms with Crippen molar-refractivity contribution in [1.82, 2.24) is 4.98 Å². The van der Waals surface area contributed by atoms with Gasteiger partial charge in [0.2, 0.25) is 5.88 Å². The van der Waals surface area contributed by atoms with Crippen LogP contribution in [0.25, 0.3) is 0 Å². The van der Waals surface area contributed by atoms with Crippen LogP contribution in [0.5, 0.6) is 5.88 Å². The summed E-state index contributed by atoms with van der Waals surface area (Å²) < 4.78 is 62.9. The molecule has 3 aliphatic rings. The summed E-state index contributed by atoms with van der Waals surface area (Å²) in [4.78, 5) is 3.96. The quantitative estimate of drug-likeness (QED) is 0.621. The van der Waals surface area contributed by atoms with E-state index in [-0.39, 0.29) is 5.41 Å². The minimum absolute atomic E-state index is 0.162. The molecule has 1 fully saturated rings. The molecule has 0 saturated heterocycles. The number of halogens is 3. The smallest absolute Gasteiger partial charge is 0.355 e. The molecule has 3 aliphatic carbocycles. The second-order valence-electron chi connectivity index (χ2n) is 6.18. The van der Waals surface area contributed by atoms with E-state index in [2.05, 4.69) is 23.0 Å². The van der Waals surface area contributed by atoms with Crippen LogP contribution in [-0.2, 0) is 16.5 Å². The first kappa shape index (κ1) is 14.6. The van der Waals surface area contributed by atoms with Crippen LogP contribution >= 0.6 is 0 Å². The molecule has 1 aromatic heterocycles. The number of hydrogen-bond acceptors (Lipinski definition) is 4. The molecule has 1 saturated carbocycles. The van der Waals surface area contributed by atoms with Crippen molar-refractivity contribution in [3.05, 3.63) is 23.4 Å². The second-order valence-corrected chi connectivity index (χ2v) is 7.72. The number of pyridine rings is 1. The van der Waals surface area contributed by atoms with E-state index in [1.54, 1.807) is 6.07 Å². The fourth-order valence-electron chi connectivity index (χ4n) is 3.30. The highest BCUT2D eigenvalue weighted by Gasteiger charge is 2.53. The van der Waals surface area contributed by atoms with Gasteiger partial charge in [-0.25, -0.2) is 4.98 Å². The molecule has 2 atom stereocenters. The number of aromatic nitrogens is 1. The van der Waals surface area contributed by atoms with Gasteiger partial charge < -0.3 is 4.18 Å². The largest absolute Gasteiger partial charge is 0.534 e. The molecule has 0 spiro atoms. The maximum atomic E-state index is 12.3. The molecule has 0 N–H and O–H groups in total. The summed E-state index contributed by atoms with van der Waals surface area (Å²) >= 11 is 0. The number of nitrogens with zero attached hydrogens (tertiary/aromatic N) is 1. The van der Waals surface area contributed by atoms with Crippen molar-refractivity contribution in [1.29, 1.82) is 0 Å². The van der Waals surface area contributed by atoms with Gasteiger partial charge in [-0.15, -0.1) is 0 Å². The van der Waals surface area contributed by atoms with E-state index < -0.39 is 21.5 Å². The lowest BCUT2D eigenvalue weighted by Crippen LogP contribution is -2.48. The van der Waals surface area contributed by atoms with Gasteiger partial charge in [0, 0.05) is 11.8 Å². The Kier molecular flexibility index (Phi) is 2.87. The van der Waals surface area contributed by atoms with Crippen LogP contribution in [0.4, 0.5) is 13.2 Å². The van der Waals surface area contributed by atoms with Crippen molar-refractivity contribution >= 4 is 10.1 Å². The Hall–Kier alpha value is -1.31. The van der Waals surface area contributed by atoms with E-state index in [1.807, 2.05) is 0 Å². The minimum Gasteiger partial charge on any atom is -0.355 e. The average molecular weight is 321 g/mol. The number of hydrogen-bond donors (Lipinski definition) is 0. The van der Waals surface area contributed by atoms with Gasteiger partial charge in [0.05, 0.1) is 0 Å². The third-order valence-electron chi connectivity index (χ3n) is 4.75. The van der Waals surface area contributed by atoms with E-state index in [0.717, 1.165) is 12.0 Å². The highest BCUT2D eigenvalue weighted by Crippen LogP contribution is 2.61. The highest BCUT2D eigenvalue weighted by molar-refractivity contribution is 7.87. The van der Waals surface area contributed by atoms with Crippen molar-refractivity contribution in [3.63, 3.8) is 0 Å². The molecule has 4 rings (SSSR count). The lowest BCUT2D eigenvalue weighted by Gasteiger charge is -2.56. The molecule has 1 heterocycles. The lowest BCUT2D eigenvalue weighted by molar-refractivity contribution is -0.0501. The highest BCUT2D eigenvalue weighted by atomic mass is 32.2. The molecule has 21 heavy (non-hydrogen) atoms. The lowest BCUT2D eigenvalue weighted by atomic mass is 9.48. The topological polar surface area (TPSA) is 56.3 Å². The van der Waals surface area contributed by atoms with Crippen LogP contribution in [0.3, 0.4) is 0 Å². The van der Waals surface area contributed by atoms with Gasteiger partial charge >= 0.3 is 15.6 Å². The molecule has 0 unspecified atom stereocenters. The first-order valence-corrected chi connectivity index (χ1v) is 7.94. The molecule has 2 bridgehead atoms. The molecule has 0 amide bonds. The van der Waals surface area contributed by atoms with E-state index in [4.69, 9.17) is 0 Å². The van der Waals surface area contributed by atoms with Crippen LogP contribution < -0.4 is 4.18 Å². The van der Waals surface area contributed by atoms with Crippen LogP contribution in [0, 0.1) is 11.3 Å². The van der Waals surface area contributed by atoms with Crippen LogP contribution in [0.1, 0.15) is 37.4 Å². The molecule has 1 aromatic rings. The van der Waals surface area contributed by atoms with Crippen LogP contribution in [0.2, 0.25) is 0 Å². The predicted octanol–water partition coefficient (Wildman–Crippen LogP) is 3.00. The molecule has 116 valence electrons. The van der Waals surface area contributed by atoms with Gasteiger partial charge in [0.15, 0.2) is 0 Å². The van der Waals surface area contributed by atoms with Crippen molar-refractivity contribution in [2.24, 2.45) is 11.3 Å². The fraction of sp³-hybridized carbons (Fsp3) is 0.615. The van der Waals surface area contributed by atoms with Crippen molar-refractivity contribution in [3.8, 4) is 5.88 Å². The Morgan fingerprint density at radius 3 is 2.57 bits per heavy atom. The van der Waals surface area contributed by atoms with Gasteiger partial charge in [0.25, 0.3) is 0 Å². The van der Waals surface area contributed by atoms with Crippen molar-refractivity contribution in [2.75, 3.05) is 0 Å². The van der Waals surface area contributed by atoms with Gasteiger partial charge in [0.1, 0.15) is 0 Å². The maximum absolute atomic E-state index is 12.3. The Bertz CT molecular complexity index is 697. The molecule has 4 nitrogen and oxygen atoms in total. The zero-order valence-electron chi connectivity index (χ0n) is 11.4. The summed E-state index contributed by atoms with van der Waals surface area (Å²) in [7, 11) is -5.66. The van der Waals surface area contributed by atoms with E-state index in [1.165, 1.54) is 6.07 Å².